The SMILES string of the molecule is CCCC[C@](C)(CCC)C(NC(=O)c1cnc2ccccc2c1)[C@@H](C)C(=O)N1CCCC1C. The minimum atomic E-state index is -0.281. The van der Waals surface area contributed by atoms with E-state index in [4.69, 9.17) is 0 Å². The number of rotatable bonds is 10. The molecule has 1 fully saturated rings. The molecule has 0 bridgehead atoms. The number of nitrogens with zero attached hydrogens (tertiary/aromatic N) is 2. The van der Waals surface area contributed by atoms with Crippen molar-refractivity contribution in [2.75, 3.05) is 6.54 Å². The van der Waals surface area contributed by atoms with Crippen molar-refractivity contribution in [1.82, 2.24) is 15.2 Å². The van der Waals surface area contributed by atoms with Crippen LogP contribution in [0.4, 0.5) is 0 Å². The maximum atomic E-state index is 13.6. The Morgan fingerprint density at radius 2 is 1.97 bits per heavy atom. The number of benzene rings is 1. The van der Waals surface area contributed by atoms with Crippen LogP contribution in [-0.2, 0) is 4.79 Å². The van der Waals surface area contributed by atoms with Gasteiger partial charge in [0.1, 0.15) is 0 Å². The Labute approximate surface area is 199 Å². The van der Waals surface area contributed by atoms with Crippen molar-refractivity contribution in [2.24, 2.45) is 11.3 Å². The third-order valence-corrected chi connectivity index (χ3v) is 7.54. The van der Waals surface area contributed by atoms with Crippen molar-refractivity contribution in [3.63, 3.8) is 0 Å². The minimum Gasteiger partial charge on any atom is -0.348 e. The van der Waals surface area contributed by atoms with Gasteiger partial charge < -0.3 is 10.2 Å². The zero-order valence-electron chi connectivity index (χ0n) is 21.1. The number of likely N-dealkylation sites (tertiary alicyclic amines) is 1. The van der Waals surface area contributed by atoms with Crippen LogP contribution in [-0.4, -0.2) is 40.3 Å². The van der Waals surface area contributed by atoms with Gasteiger partial charge in [0.15, 0.2) is 0 Å². The number of pyridine rings is 1. The molecule has 180 valence electrons. The van der Waals surface area contributed by atoms with Crippen LogP contribution in [0.1, 0.15) is 89.9 Å². The number of amides is 2. The molecule has 5 nitrogen and oxygen atoms in total. The summed E-state index contributed by atoms with van der Waals surface area (Å²) >= 11 is 0. The van der Waals surface area contributed by atoms with Gasteiger partial charge in [-0.15, -0.1) is 0 Å². The molecular formula is C28H41N3O2. The van der Waals surface area contributed by atoms with E-state index in [-0.39, 0.29) is 35.2 Å². The van der Waals surface area contributed by atoms with E-state index in [1.165, 1.54) is 0 Å². The van der Waals surface area contributed by atoms with Crippen LogP contribution >= 0.6 is 0 Å². The highest BCUT2D eigenvalue weighted by molar-refractivity contribution is 5.97. The Morgan fingerprint density at radius 3 is 2.64 bits per heavy atom. The fraction of sp³-hybridized carbons (Fsp3) is 0.607. The summed E-state index contributed by atoms with van der Waals surface area (Å²) in [6.07, 6.45) is 8.92. The summed E-state index contributed by atoms with van der Waals surface area (Å²) < 4.78 is 0. The Bertz CT molecular complexity index is 959. The Morgan fingerprint density at radius 1 is 1.21 bits per heavy atom. The molecule has 1 aliphatic rings. The number of aromatic nitrogens is 1. The summed E-state index contributed by atoms with van der Waals surface area (Å²) in [7, 11) is 0. The molecule has 2 aromatic rings. The van der Waals surface area contributed by atoms with Crippen molar-refractivity contribution in [1.29, 1.82) is 0 Å². The van der Waals surface area contributed by atoms with Crippen LogP contribution in [0.3, 0.4) is 0 Å². The molecule has 1 aromatic carbocycles. The number of fused-ring (bicyclic) bond motifs is 1. The van der Waals surface area contributed by atoms with Crippen molar-refractivity contribution in [3.05, 3.63) is 42.1 Å². The molecule has 1 aliphatic heterocycles. The van der Waals surface area contributed by atoms with Crippen LogP contribution in [0, 0.1) is 11.3 Å². The number of nitrogens with one attached hydrogen (secondary N) is 1. The second-order valence-corrected chi connectivity index (χ2v) is 10.2. The zero-order valence-corrected chi connectivity index (χ0v) is 21.1. The van der Waals surface area contributed by atoms with Gasteiger partial charge in [-0.05, 0) is 50.2 Å². The minimum absolute atomic E-state index is 0.147. The maximum Gasteiger partial charge on any atom is 0.253 e. The molecule has 5 heteroatoms. The molecule has 4 atom stereocenters. The lowest BCUT2D eigenvalue weighted by molar-refractivity contribution is -0.137. The Hall–Kier alpha value is -2.43. The van der Waals surface area contributed by atoms with Crippen LogP contribution in [0.2, 0.25) is 0 Å². The topological polar surface area (TPSA) is 62.3 Å². The summed E-state index contributed by atoms with van der Waals surface area (Å²) in [6.45, 7) is 11.6. The van der Waals surface area contributed by atoms with Crippen LogP contribution in [0.25, 0.3) is 10.9 Å². The standard InChI is InChI=1S/C28H41N3O2/c1-6-8-16-28(5,15-7-2)25(21(4)27(33)31-17-11-12-20(31)3)30-26(32)23-18-22-13-9-10-14-24(22)29-19-23/h9-10,13-14,18-21,25H,6-8,11-12,15-17H2,1-5H3,(H,30,32)/t20?,21-,25?,28+/m1/s1. The van der Waals surface area contributed by atoms with Crippen LogP contribution < -0.4 is 5.32 Å². The van der Waals surface area contributed by atoms with Crippen LogP contribution in [0.5, 0.6) is 0 Å². The van der Waals surface area contributed by atoms with Gasteiger partial charge in [-0.2, -0.15) is 0 Å². The number of unbranched alkanes of at least 4 members (excludes halogenated alkanes) is 1. The average molecular weight is 452 g/mol. The van der Waals surface area contributed by atoms with E-state index in [9.17, 15) is 9.59 Å². The van der Waals surface area contributed by atoms with Gasteiger partial charge in [-0.3, -0.25) is 14.6 Å². The summed E-state index contributed by atoms with van der Waals surface area (Å²) in [5.74, 6) is -0.261. The van der Waals surface area contributed by atoms with Gasteiger partial charge in [0.25, 0.3) is 5.91 Å². The van der Waals surface area contributed by atoms with Crippen molar-refractivity contribution < 1.29 is 9.59 Å². The second kappa shape index (κ2) is 11.1. The lowest BCUT2D eigenvalue weighted by Crippen LogP contribution is -2.55. The summed E-state index contributed by atoms with van der Waals surface area (Å²) in [5.41, 5.74) is 1.26. The molecule has 33 heavy (non-hydrogen) atoms. The third-order valence-electron chi connectivity index (χ3n) is 7.54. The molecule has 2 amide bonds. The van der Waals surface area contributed by atoms with Gasteiger partial charge in [0.2, 0.25) is 5.91 Å². The molecule has 1 aromatic heterocycles. The lowest BCUT2D eigenvalue weighted by atomic mass is 9.69. The number of para-hydroxylation sites is 1. The predicted octanol–water partition coefficient (Wildman–Crippen LogP) is 5.98. The number of carbonyl (C=O) groups is 2. The van der Waals surface area contributed by atoms with E-state index in [2.05, 4.69) is 38.0 Å². The zero-order chi connectivity index (χ0) is 24.0. The van der Waals surface area contributed by atoms with Crippen molar-refractivity contribution in [2.45, 2.75) is 91.6 Å². The highest BCUT2D eigenvalue weighted by Gasteiger charge is 2.42. The van der Waals surface area contributed by atoms with Gasteiger partial charge in [-0.25, -0.2) is 0 Å². The fourth-order valence-electron chi connectivity index (χ4n) is 5.58. The second-order valence-electron chi connectivity index (χ2n) is 10.2. The normalized spacial score (nSPS) is 19.8. The Kier molecular flexibility index (Phi) is 8.50. The maximum absolute atomic E-state index is 13.6. The van der Waals surface area contributed by atoms with E-state index in [1.54, 1.807) is 6.20 Å². The highest BCUT2D eigenvalue weighted by atomic mass is 16.2. The first kappa shape index (κ1) is 25.2. The van der Waals surface area contributed by atoms with Gasteiger partial charge in [-0.1, -0.05) is 65.2 Å². The van der Waals surface area contributed by atoms with Gasteiger partial charge in [0.05, 0.1) is 17.0 Å². The number of hydrogen-bond acceptors (Lipinski definition) is 3. The first-order valence-corrected chi connectivity index (χ1v) is 12.8. The van der Waals surface area contributed by atoms with Gasteiger partial charge >= 0.3 is 0 Å². The summed E-state index contributed by atoms with van der Waals surface area (Å²) in [6, 6.07) is 9.75. The molecule has 1 N–H and O–H groups in total. The van der Waals surface area contributed by atoms with E-state index < -0.39 is 0 Å². The molecule has 0 radical (unpaired) electrons. The summed E-state index contributed by atoms with van der Waals surface area (Å²) in [4.78, 5) is 33.5. The van der Waals surface area contributed by atoms with E-state index in [1.807, 2.05) is 42.2 Å². The van der Waals surface area contributed by atoms with E-state index in [0.717, 1.165) is 62.4 Å². The van der Waals surface area contributed by atoms with E-state index in [0.29, 0.717) is 5.56 Å². The number of hydrogen-bond donors (Lipinski definition) is 1. The largest absolute Gasteiger partial charge is 0.348 e. The first-order chi connectivity index (χ1) is 15.8. The molecule has 0 spiro atoms. The lowest BCUT2D eigenvalue weighted by Gasteiger charge is -2.42. The number of carbonyl (C=O) groups excluding carboxylic acids is 2. The highest BCUT2D eigenvalue weighted by Crippen LogP contribution is 2.38. The molecule has 0 saturated carbocycles. The van der Waals surface area contributed by atoms with Crippen molar-refractivity contribution >= 4 is 22.7 Å². The fourth-order valence-corrected chi connectivity index (χ4v) is 5.58. The first-order valence-electron chi connectivity index (χ1n) is 12.8. The smallest absolute Gasteiger partial charge is 0.253 e. The molecule has 0 aliphatic carbocycles. The molecule has 2 unspecified atom stereocenters. The van der Waals surface area contributed by atoms with E-state index >= 15 is 0 Å². The van der Waals surface area contributed by atoms with Crippen molar-refractivity contribution in [3.8, 4) is 0 Å². The third kappa shape index (κ3) is 5.74. The average Bonchev–Trinajstić information content (AvgIpc) is 3.25. The van der Waals surface area contributed by atoms with Crippen LogP contribution in [0.15, 0.2) is 36.5 Å². The predicted molar refractivity (Wildman–Crippen MR) is 135 cm³/mol. The monoisotopic (exact) mass is 451 g/mol. The summed E-state index contributed by atoms with van der Waals surface area (Å²) in [5, 5.41) is 4.27. The molecule has 3 rings (SSSR count). The molecule has 2 heterocycles. The van der Waals surface area contributed by atoms with Gasteiger partial charge in [0, 0.05) is 30.2 Å². The molecule has 1 saturated heterocycles. The quantitative estimate of drug-likeness (QED) is 0.483. The Balaban J connectivity index is 1.91. The molecular weight excluding hydrogens is 410 g/mol.